The second-order valence-electron chi connectivity index (χ2n) is 18.7. The van der Waals surface area contributed by atoms with Gasteiger partial charge in [0.2, 0.25) is 0 Å². The zero-order valence-electron chi connectivity index (χ0n) is 53.3. The predicted molar refractivity (Wildman–Crippen MR) is 283 cm³/mol. The largest absolute Gasteiger partial charge is 0.458 e. The quantitative estimate of drug-likeness (QED) is 0.0626. The molecule has 0 saturated heterocycles. The zero-order valence-corrected chi connectivity index (χ0v) is 39.3. The van der Waals surface area contributed by atoms with Crippen LogP contribution in [0.4, 0.5) is 0 Å². The maximum Gasteiger partial charge on any atom is 0.269 e. The van der Waals surface area contributed by atoms with Crippen LogP contribution in [-0.4, -0.2) is 22.2 Å². The maximum atomic E-state index is 9.78. The van der Waals surface area contributed by atoms with Gasteiger partial charge in [-0.1, -0.05) is 199 Å². The van der Waals surface area contributed by atoms with E-state index >= 15 is 0 Å². The summed E-state index contributed by atoms with van der Waals surface area (Å²) < 4.78 is 152. The molecule has 0 bridgehead atoms. The van der Waals surface area contributed by atoms with Gasteiger partial charge in [-0.25, -0.2) is 4.98 Å². The lowest BCUT2D eigenvalue weighted by Gasteiger charge is -2.38. The molecule has 3 aromatic heterocycles. The number of imidazole rings is 1. The van der Waals surface area contributed by atoms with E-state index in [0.717, 1.165) is 33.2 Å². The van der Waals surface area contributed by atoms with Crippen LogP contribution in [0.1, 0.15) is 73.2 Å². The van der Waals surface area contributed by atoms with Crippen LogP contribution in [0, 0.1) is 6.33 Å². The number of benzene rings is 8. The molecule has 8 aromatic carbocycles. The van der Waals surface area contributed by atoms with E-state index in [1.165, 1.54) is 6.07 Å². The third-order valence-electron chi connectivity index (χ3n) is 12.5. The fourth-order valence-electron chi connectivity index (χ4n) is 9.29. The number of hydrogen-bond donors (Lipinski definition) is 0. The molecule has 11 aromatic rings. The van der Waals surface area contributed by atoms with E-state index < -0.39 is 120 Å². The van der Waals surface area contributed by atoms with Crippen molar-refractivity contribution in [3.63, 3.8) is 0 Å². The minimum atomic E-state index is -5.61. The van der Waals surface area contributed by atoms with Gasteiger partial charge >= 0.3 is 0 Å². The molecule has 0 aliphatic heterocycles. The Balaban J connectivity index is 1.20. The van der Waals surface area contributed by atoms with Gasteiger partial charge in [-0.2, -0.15) is 0 Å². The first-order valence-corrected chi connectivity index (χ1v) is 24.3. The number of pyridine rings is 1. The molecular formula is C62H54N4OSi. The van der Waals surface area contributed by atoms with Gasteiger partial charge in [0.25, 0.3) is 6.33 Å². The summed E-state index contributed by atoms with van der Waals surface area (Å²) in [6.45, 7) is 12.2. The second kappa shape index (κ2) is 16.8. The lowest BCUT2D eigenvalue weighted by atomic mass is 9.85. The van der Waals surface area contributed by atoms with Gasteiger partial charge < -0.3 is 4.74 Å². The molecule has 3 heterocycles. The average Bonchev–Trinajstić information content (AvgIpc) is 1.50. The first kappa shape index (κ1) is 29.1. The van der Waals surface area contributed by atoms with Crippen molar-refractivity contribution in [2.24, 2.45) is 0 Å². The topological polar surface area (TPSA) is 35.9 Å². The van der Waals surface area contributed by atoms with Crippen molar-refractivity contribution in [1.29, 1.82) is 0 Å². The van der Waals surface area contributed by atoms with Crippen LogP contribution < -0.4 is 30.1 Å². The Bertz CT molecular complexity index is 4290. The Morgan fingerprint density at radius 3 is 1.82 bits per heavy atom. The van der Waals surface area contributed by atoms with Crippen LogP contribution in [0.2, 0.25) is 0 Å². The third-order valence-corrected chi connectivity index (χ3v) is 16.7. The zero-order chi connectivity index (χ0) is 59.7. The number of para-hydroxylation sites is 4. The van der Waals surface area contributed by atoms with E-state index in [0.29, 0.717) is 33.8 Å². The van der Waals surface area contributed by atoms with Crippen LogP contribution in [0.3, 0.4) is 0 Å². The SMILES string of the molecule is [2H]c1c([2H])c([2H])c([Si](c2cccc(C(C)(C)C)c2-[n+]2[c-]n(-c3cccc(Oc4ccc5c6ccccc6n(-c6cc(C(C)(C)C)ccn6)c5c4)c3)c3ccccc32)(c2c([2H])c([2H])c([2H])c([2H])c2[2H])c2c([2H])c([2H])c([2H])c([2H])c2[2H])c([2H])c1[2H]. The number of aromatic nitrogens is 4. The molecule has 0 N–H and O–H groups in total. The van der Waals surface area contributed by atoms with Crippen molar-refractivity contribution < 1.29 is 29.9 Å². The van der Waals surface area contributed by atoms with Crippen LogP contribution in [0.5, 0.6) is 11.5 Å². The number of hydrogen-bond acceptors (Lipinski definition) is 2. The molecule has 0 unspecified atom stereocenters. The van der Waals surface area contributed by atoms with Gasteiger partial charge in [0.05, 0.1) is 54.0 Å². The number of fused-ring (bicyclic) bond motifs is 4. The summed E-state index contributed by atoms with van der Waals surface area (Å²) in [6.07, 6.45) is 5.38. The summed E-state index contributed by atoms with van der Waals surface area (Å²) >= 11 is 0. The molecular weight excluding hydrogens is 845 g/mol. The smallest absolute Gasteiger partial charge is 0.269 e. The normalized spacial score (nSPS) is 15.4. The fourth-order valence-corrected chi connectivity index (χ4v) is 13.3. The summed E-state index contributed by atoms with van der Waals surface area (Å²) in [7, 11) is -5.61. The van der Waals surface area contributed by atoms with Crippen molar-refractivity contribution in [2.45, 2.75) is 52.4 Å². The Labute approximate surface area is 421 Å². The van der Waals surface area contributed by atoms with Crippen molar-refractivity contribution in [3.05, 3.63) is 236 Å². The van der Waals surface area contributed by atoms with E-state index in [4.69, 9.17) is 22.1 Å². The number of rotatable bonds is 9. The molecule has 0 aliphatic carbocycles. The number of nitrogens with zero attached hydrogens (tertiary/aromatic N) is 4. The van der Waals surface area contributed by atoms with Crippen molar-refractivity contribution >= 4 is 61.7 Å². The van der Waals surface area contributed by atoms with Crippen molar-refractivity contribution in [3.8, 4) is 28.7 Å². The van der Waals surface area contributed by atoms with E-state index in [9.17, 15) is 8.22 Å². The highest BCUT2D eigenvalue weighted by atomic mass is 28.3. The van der Waals surface area contributed by atoms with Crippen LogP contribution in [0.25, 0.3) is 50.0 Å². The van der Waals surface area contributed by atoms with Gasteiger partial charge in [0, 0.05) is 23.0 Å². The van der Waals surface area contributed by atoms with Crippen LogP contribution >= 0.6 is 0 Å². The summed E-state index contributed by atoms with van der Waals surface area (Å²) in [6, 6.07) is 25.2. The molecule has 11 rings (SSSR count). The average molecular weight is 914 g/mol. The molecule has 6 heteroatoms. The first-order valence-electron chi connectivity index (χ1n) is 29.8. The molecule has 0 spiro atoms. The Hall–Kier alpha value is -7.80. The Morgan fingerprint density at radius 2 is 1.16 bits per heavy atom. The van der Waals surface area contributed by atoms with Gasteiger partial charge in [0.1, 0.15) is 17.3 Å². The van der Waals surface area contributed by atoms with Crippen molar-refractivity contribution in [1.82, 2.24) is 14.1 Å². The summed E-state index contributed by atoms with van der Waals surface area (Å²) in [5.41, 5.74) is 4.36. The van der Waals surface area contributed by atoms with Gasteiger partial charge in [-0.15, -0.1) is 0 Å². The molecule has 332 valence electrons. The van der Waals surface area contributed by atoms with E-state index in [2.05, 4.69) is 49.9 Å². The highest BCUT2D eigenvalue weighted by Crippen LogP contribution is 2.37. The molecule has 0 atom stereocenters. The minimum absolute atomic E-state index is 0.0186. The molecule has 0 amide bonds. The Kier molecular flexibility index (Phi) is 7.19. The van der Waals surface area contributed by atoms with Gasteiger partial charge in [0.15, 0.2) is 8.07 Å². The minimum Gasteiger partial charge on any atom is -0.458 e. The summed E-state index contributed by atoms with van der Waals surface area (Å²) in [5.74, 6) is 1.76. The standard InChI is InChI=1S/C62H54N4OSi/c1-61(2,3)44-38-39-63-59(40-44)66-54-32-17-16-30-51(54)52-37-36-47(42-57(52)66)67-46-23-20-22-45(41-46)64-43-65(56-34-19-18-33-55(56)64)60-53(62(4,5)6)31-21-35-58(60)68(48-24-10-7-11-25-48,49-26-12-8-13-27-49)50-28-14-9-15-29-50/h7-42H,1-6H3/i7D,8D,9D,10D,11D,12D,13D,14D,15D,24D,25D,26D,27D,28D,29D. The highest BCUT2D eigenvalue weighted by Gasteiger charge is 2.44. The second-order valence-corrected chi connectivity index (χ2v) is 22.3. The fraction of sp³-hybridized carbons (Fsp3) is 0.129. The van der Waals surface area contributed by atoms with Crippen molar-refractivity contribution in [2.75, 3.05) is 0 Å². The summed E-state index contributed by atoms with van der Waals surface area (Å²) in [4.78, 5) is 4.84. The monoisotopic (exact) mass is 914 g/mol. The molecule has 0 saturated carbocycles. The molecule has 0 aliphatic rings. The number of ether oxygens (including phenoxy) is 1. The van der Waals surface area contributed by atoms with Crippen LogP contribution in [-0.2, 0) is 10.8 Å². The van der Waals surface area contributed by atoms with E-state index in [1.807, 2.05) is 106 Å². The van der Waals surface area contributed by atoms with Crippen LogP contribution in [0.15, 0.2) is 218 Å². The van der Waals surface area contributed by atoms with Gasteiger partial charge in [-0.05, 0) is 91.2 Å². The highest BCUT2D eigenvalue weighted by molar-refractivity contribution is 7.20. The first-order chi connectivity index (χ1) is 39.2. The van der Waals surface area contributed by atoms with E-state index in [-0.39, 0.29) is 16.3 Å². The summed E-state index contributed by atoms with van der Waals surface area (Å²) in [5, 5.41) is 0.276. The lowest BCUT2D eigenvalue weighted by Crippen LogP contribution is -2.76. The molecule has 68 heavy (non-hydrogen) atoms. The molecule has 0 radical (unpaired) electrons. The lowest BCUT2D eigenvalue weighted by molar-refractivity contribution is -0.572. The predicted octanol–water partition coefficient (Wildman–Crippen LogP) is 12.0. The molecule has 0 fully saturated rings. The van der Waals surface area contributed by atoms with E-state index in [1.54, 1.807) is 27.3 Å². The Morgan fingerprint density at radius 1 is 0.559 bits per heavy atom. The molecule has 5 nitrogen and oxygen atoms in total. The van der Waals surface area contributed by atoms with Gasteiger partial charge in [-0.3, -0.25) is 13.7 Å². The third kappa shape index (κ3) is 7.33. The maximum absolute atomic E-state index is 9.78.